The molecule has 12 heteroatoms. The lowest BCUT2D eigenvalue weighted by Crippen LogP contribution is -2.44. The zero-order chi connectivity index (χ0) is 27.1. The third-order valence-corrected chi connectivity index (χ3v) is 7.65. The molecule has 6 nitrogen and oxygen atoms in total. The Morgan fingerprint density at radius 3 is 2.35 bits per heavy atom. The average molecular weight is 541 g/mol. The Morgan fingerprint density at radius 1 is 1.05 bits per heavy atom. The molecular weight excluding hydrogens is 521 g/mol. The maximum atomic E-state index is 13.8. The van der Waals surface area contributed by atoms with E-state index in [1.165, 1.54) is 25.1 Å². The molecule has 4 rings (SSSR count). The van der Waals surface area contributed by atoms with Gasteiger partial charge in [-0.3, -0.25) is 9.10 Å². The van der Waals surface area contributed by atoms with E-state index in [-0.39, 0.29) is 29.0 Å². The van der Waals surface area contributed by atoms with Crippen LogP contribution in [0.25, 0.3) is 11.1 Å². The monoisotopic (exact) mass is 541 g/mol. The largest absolute Gasteiger partial charge is 0.486 e. The topological polar surface area (TPSA) is 83.9 Å². The van der Waals surface area contributed by atoms with E-state index in [4.69, 9.17) is 4.74 Å². The molecule has 0 radical (unpaired) electrons. The van der Waals surface area contributed by atoms with E-state index in [1.807, 2.05) is 0 Å². The van der Waals surface area contributed by atoms with Crippen molar-refractivity contribution < 1.29 is 45.0 Å². The van der Waals surface area contributed by atoms with Gasteiger partial charge in [0.2, 0.25) is 0 Å². The molecule has 0 fully saturated rings. The number of halogens is 5. The van der Waals surface area contributed by atoms with Crippen molar-refractivity contribution in [2.45, 2.75) is 30.5 Å². The minimum atomic E-state index is -4.79. The molecule has 1 aliphatic heterocycles. The van der Waals surface area contributed by atoms with E-state index in [1.54, 1.807) is 0 Å². The summed E-state index contributed by atoms with van der Waals surface area (Å²) in [5, 5.41) is 9.27. The molecule has 37 heavy (non-hydrogen) atoms. The van der Waals surface area contributed by atoms with Gasteiger partial charge in [-0.25, -0.2) is 17.2 Å². The number of hydrogen-bond acceptors (Lipinski definition) is 4. The van der Waals surface area contributed by atoms with Crippen LogP contribution in [0.15, 0.2) is 65.6 Å². The first-order valence-electron chi connectivity index (χ1n) is 11.0. The number of benzene rings is 3. The van der Waals surface area contributed by atoms with Gasteiger partial charge in [0, 0.05) is 6.07 Å². The number of carboxylic acid groups (broad SMARTS) is 1. The number of aliphatic carboxylic acids is 1. The molecule has 0 aliphatic carbocycles. The summed E-state index contributed by atoms with van der Waals surface area (Å²) in [6, 6.07) is 10.1. The van der Waals surface area contributed by atoms with Crippen LogP contribution in [0, 0.1) is 17.6 Å². The summed E-state index contributed by atoms with van der Waals surface area (Å²) >= 11 is 0. The maximum absolute atomic E-state index is 13.8. The molecular formula is C25H20F5NO5S. The fourth-order valence-electron chi connectivity index (χ4n) is 4.02. The summed E-state index contributed by atoms with van der Waals surface area (Å²) in [6.07, 6.45) is -5.81. The molecule has 1 heterocycles. The Bertz CT molecular complexity index is 1440. The van der Waals surface area contributed by atoms with Gasteiger partial charge in [0.1, 0.15) is 23.5 Å². The normalized spacial score (nSPS) is 16.6. The van der Waals surface area contributed by atoms with E-state index in [2.05, 4.69) is 0 Å². The van der Waals surface area contributed by atoms with Gasteiger partial charge in [0.15, 0.2) is 0 Å². The average Bonchev–Trinajstić information content (AvgIpc) is 2.82. The summed E-state index contributed by atoms with van der Waals surface area (Å²) in [5.74, 6) is -3.74. The first kappa shape index (κ1) is 26.4. The van der Waals surface area contributed by atoms with Crippen molar-refractivity contribution in [1.82, 2.24) is 0 Å². The summed E-state index contributed by atoms with van der Waals surface area (Å²) in [6.45, 7) is 1.01. The molecule has 2 atom stereocenters. The van der Waals surface area contributed by atoms with Gasteiger partial charge in [0.25, 0.3) is 10.0 Å². The van der Waals surface area contributed by atoms with Crippen LogP contribution < -0.4 is 9.04 Å². The Morgan fingerprint density at radius 2 is 1.73 bits per heavy atom. The molecule has 0 saturated heterocycles. The number of ether oxygens (including phenoxy) is 1. The van der Waals surface area contributed by atoms with E-state index in [0.29, 0.717) is 12.1 Å². The summed E-state index contributed by atoms with van der Waals surface area (Å²) < 4.78 is 101. The Balaban J connectivity index is 1.83. The van der Waals surface area contributed by atoms with Crippen molar-refractivity contribution in [2.24, 2.45) is 5.92 Å². The Kier molecular flexibility index (Phi) is 6.89. The van der Waals surface area contributed by atoms with Crippen LogP contribution in [0.4, 0.5) is 27.6 Å². The minimum absolute atomic E-state index is 0.0185. The molecule has 0 aromatic heterocycles. The number of fused-ring (bicyclic) bond motifs is 1. The molecule has 0 saturated carbocycles. The zero-order valence-electron chi connectivity index (χ0n) is 19.2. The molecule has 1 aliphatic rings. The molecule has 0 unspecified atom stereocenters. The number of carbonyl (C=O) groups is 1. The summed E-state index contributed by atoms with van der Waals surface area (Å²) in [4.78, 5) is 10.7. The number of alkyl halides is 3. The van der Waals surface area contributed by atoms with Crippen molar-refractivity contribution >= 4 is 21.7 Å². The van der Waals surface area contributed by atoms with Gasteiger partial charge in [-0.15, -0.1) is 0 Å². The number of sulfonamides is 1. The number of nitrogens with zero attached hydrogens (tertiary/aromatic N) is 1. The van der Waals surface area contributed by atoms with Crippen LogP contribution in [-0.4, -0.2) is 32.1 Å². The van der Waals surface area contributed by atoms with Crippen LogP contribution in [-0.2, 0) is 21.0 Å². The zero-order valence-corrected chi connectivity index (χ0v) is 20.0. The van der Waals surface area contributed by atoms with Crippen LogP contribution >= 0.6 is 0 Å². The van der Waals surface area contributed by atoms with Gasteiger partial charge in [-0.1, -0.05) is 19.1 Å². The third kappa shape index (κ3) is 5.53. The number of rotatable bonds is 6. The number of hydrogen-bond donors (Lipinski definition) is 1. The maximum Gasteiger partial charge on any atom is 0.416 e. The highest BCUT2D eigenvalue weighted by Gasteiger charge is 2.38. The lowest BCUT2D eigenvalue weighted by molar-refractivity contribution is -0.142. The Hall–Kier alpha value is -3.67. The van der Waals surface area contributed by atoms with E-state index < -0.39 is 62.8 Å². The molecule has 0 amide bonds. The van der Waals surface area contributed by atoms with Crippen LogP contribution in [0.3, 0.4) is 0 Å². The molecule has 196 valence electrons. The van der Waals surface area contributed by atoms with Gasteiger partial charge in [-0.05, 0) is 60.0 Å². The molecule has 1 N–H and O–H groups in total. The first-order valence-corrected chi connectivity index (χ1v) is 12.4. The van der Waals surface area contributed by atoms with Crippen LogP contribution in [0.1, 0.15) is 18.9 Å². The standard InChI is InChI=1S/C25H20F5NO5S/c1-14(24(32)33)7-20-13-31(37(34,35)21-4-2-3-17(11-21)25(28,29)30)22-10-15(5-6-23(22)36-20)16-8-18(26)12-19(27)9-16/h2-6,8-12,14,20H,7,13H2,1H3,(H,32,33)/t14-,20+/m1/s1. The van der Waals surface area contributed by atoms with Crippen molar-refractivity contribution in [3.63, 3.8) is 0 Å². The fraction of sp³-hybridized carbons (Fsp3) is 0.240. The summed E-state index contributed by atoms with van der Waals surface area (Å²) in [5.41, 5.74) is -0.915. The smallest absolute Gasteiger partial charge is 0.416 e. The van der Waals surface area contributed by atoms with Gasteiger partial charge in [0.05, 0.1) is 28.6 Å². The van der Waals surface area contributed by atoms with Crippen molar-refractivity contribution in [3.05, 3.63) is 77.9 Å². The first-order chi connectivity index (χ1) is 17.3. The molecule has 3 aromatic carbocycles. The fourth-order valence-corrected chi connectivity index (χ4v) is 5.56. The second-order valence-corrected chi connectivity index (χ2v) is 10.5. The molecule has 0 spiro atoms. The summed E-state index contributed by atoms with van der Waals surface area (Å²) in [7, 11) is -4.60. The second-order valence-electron chi connectivity index (χ2n) is 8.62. The predicted molar refractivity (Wildman–Crippen MR) is 124 cm³/mol. The van der Waals surface area contributed by atoms with Crippen LogP contribution in [0.2, 0.25) is 0 Å². The van der Waals surface area contributed by atoms with Gasteiger partial charge < -0.3 is 9.84 Å². The van der Waals surface area contributed by atoms with Crippen molar-refractivity contribution in [1.29, 1.82) is 0 Å². The van der Waals surface area contributed by atoms with E-state index in [9.17, 15) is 40.3 Å². The predicted octanol–water partition coefficient (Wildman–Crippen LogP) is 5.72. The number of carboxylic acids is 1. The third-order valence-electron chi connectivity index (χ3n) is 5.87. The second kappa shape index (κ2) is 9.66. The highest BCUT2D eigenvalue weighted by atomic mass is 32.2. The highest BCUT2D eigenvalue weighted by Crippen LogP contribution is 2.41. The lowest BCUT2D eigenvalue weighted by atomic mass is 10.0. The lowest BCUT2D eigenvalue weighted by Gasteiger charge is -2.36. The molecule has 3 aromatic rings. The van der Waals surface area contributed by atoms with E-state index in [0.717, 1.165) is 34.6 Å². The highest BCUT2D eigenvalue weighted by molar-refractivity contribution is 7.92. The SMILES string of the molecule is C[C@H](C[C@H]1CN(S(=O)(=O)c2cccc(C(F)(F)F)c2)c2cc(-c3cc(F)cc(F)c3)ccc2O1)C(=O)O. The number of anilines is 1. The van der Waals surface area contributed by atoms with Crippen molar-refractivity contribution in [3.8, 4) is 16.9 Å². The Labute approximate surface area is 209 Å². The van der Waals surface area contributed by atoms with Crippen molar-refractivity contribution in [2.75, 3.05) is 10.8 Å². The molecule has 0 bridgehead atoms. The van der Waals surface area contributed by atoms with E-state index >= 15 is 0 Å². The van der Waals surface area contributed by atoms with Crippen LogP contribution in [0.5, 0.6) is 5.75 Å². The van der Waals surface area contributed by atoms with Gasteiger partial charge >= 0.3 is 12.1 Å². The minimum Gasteiger partial charge on any atom is -0.486 e. The van der Waals surface area contributed by atoms with Gasteiger partial charge in [-0.2, -0.15) is 13.2 Å². The quantitative estimate of drug-likeness (QED) is 0.404.